The third kappa shape index (κ3) is 5.90. The molecular formula is C12H12ClF3N2O3. The molecule has 1 aromatic rings. The van der Waals surface area contributed by atoms with Gasteiger partial charge in [-0.25, -0.2) is 9.59 Å². The monoisotopic (exact) mass is 324 g/mol. The van der Waals surface area contributed by atoms with Gasteiger partial charge in [0, 0.05) is 6.04 Å². The number of carboxylic acid groups (broad SMARTS) is 1. The Morgan fingerprint density at radius 1 is 1.38 bits per heavy atom. The van der Waals surface area contributed by atoms with Gasteiger partial charge in [-0.2, -0.15) is 13.2 Å². The van der Waals surface area contributed by atoms with Crippen molar-refractivity contribution < 1.29 is 27.9 Å². The Morgan fingerprint density at radius 3 is 2.52 bits per heavy atom. The first-order chi connectivity index (χ1) is 9.58. The van der Waals surface area contributed by atoms with Crippen LogP contribution in [0.2, 0.25) is 5.02 Å². The molecule has 0 aliphatic heterocycles. The van der Waals surface area contributed by atoms with Gasteiger partial charge < -0.3 is 15.7 Å². The molecule has 0 bridgehead atoms. The van der Waals surface area contributed by atoms with E-state index in [0.717, 1.165) is 6.07 Å². The molecule has 0 heterocycles. The Bertz CT molecular complexity index is 549. The number of anilines is 1. The molecule has 9 heteroatoms. The minimum Gasteiger partial charge on any atom is -0.478 e. The SMILES string of the molecule is CC(CC(F)(F)F)NC(=O)Nc1cc(C(=O)O)ccc1Cl. The molecule has 0 saturated carbocycles. The Hall–Kier alpha value is -1.96. The summed E-state index contributed by atoms with van der Waals surface area (Å²) in [6, 6.07) is 1.57. The normalized spacial score (nSPS) is 12.6. The largest absolute Gasteiger partial charge is 0.478 e. The van der Waals surface area contributed by atoms with Crippen LogP contribution in [-0.2, 0) is 0 Å². The van der Waals surface area contributed by atoms with Crippen LogP contribution in [0.4, 0.5) is 23.7 Å². The number of carboxylic acids is 1. The van der Waals surface area contributed by atoms with Gasteiger partial charge in [-0.3, -0.25) is 0 Å². The molecule has 1 rings (SSSR count). The van der Waals surface area contributed by atoms with Crippen molar-refractivity contribution in [1.29, 1.82) is 0 Å². The first kappa shape index (κ1) is 17.1. The molecule has 0 radical (unpaired) electrons. The van der Waals surface area contributed by atoms with E-state index in [1.54, 1.807) is 0 Å². The van der Waals surface area contributed by atoms with E-state index in [2.05, 4.69) is 10.6 Å². The number of urea groups is 1. The first-order valence-electron chi connectivity index (χ1n) is 5.75. The zero-order valence-corrected chi connectivity index (χ0v) is 11.5. The number of carbonyl (C=O) groups excluding carboxylic acids is 1. The second-order valence-corrected chi connectivity index (χ2v) is 4.73. The number of amides is 2. The van der Waals surface area contributed by atoms with E-state index in [4.69, 9.17) is 16.7 Å². The molecule has 0 aromatic heterocycles. The number of halogens is 4. The van der Waals surface area contributed by atoms with Gasteiger partial charge in [0.25, 0.3) is 0 Å². The zero-order chi connectivity index (χ0) is 16.2. The van der Waals surface area contributed by atoms with Gasteiger partial charge in [-0.1, -0.05) is 11.6 Å². The third-order valence-electron chi connectivity index (χ3n) is 2.38. The Labute approximate surface area is 123 Å². The smallest absolute Gasteiger partial charge is 0.391 e. The second-order valence-electron chi connectivity index (χ2n) is 4.32. The lowest BCUT2D eigenvalue weighted by molar-refractivity contribution is -0.138. The molecular weight excluding hydrogens is 313 g/mol. The maximum absolute atomic E-state index is 12.1. The highest BCUT2D eigenvalue weighted by Gasteiger charge is 2.30. The van der Waals surface area contributed by atoms with Gasteiger partial charge in [0.05, 0.1) is 22.7 Å². The maximum atomic E-state index is 12.1. The van der Waals surface area contributed by atoms with E-state index in [9.17, 15) is 22.8 Å². The molecule has 21 heavy (non-hydrogen) atoms. The summed E-state index contributed by atoms with van der Waals surface area (Å²) in [5.74, 6) is -1.22. The number of aromatic carboxylic acids is 1. The van der Waals surface area contributed by atoms with E-state index >= 15 is 0 Å². The highest BCUT2D eigenvalue weighted by molar-refractivity contribution is 6.33. The van der Waals surface area contributed by atoms with Crippen LogP contribution >= 0.6 is 11.6 Å². The van der Waals surface area contributed by atoms with Crippen molar-refractivity contribution in [2.45, 2.75) is 25.6 Å². The maximum Gasteiger partial charge on any atom is 0.391 e. The standard InChI is InChI=1S/C12H12ClF3N2O3/c1-6(5-12(14,15)16)17-11(21)18-9-4-7(10(19)20)2-3-8(9)13/h2-4,6H,5H2,1H3,(H,19,20)(H2,17,18,21). The van der Waals surface area contributed by atoms with Gasteiger partial charge in [-0.05, 0) is 25.1 Å². The third-order valence-corrected chi connectivity index (χ3v) is 2.71. The minimum absolute atomic E-state index is 0.00623. The summed E-state index contributed by atoms with van der Waals surface area (Å²) in [5.41, 5.74) is -0.119. The second kappa shape index (κ2) is 6.66. The van der Waals surface area contributed by atoms with Crippen molar-refractivity contribution in [3.8, 4) is 0 Å². The summed E-state index contributed by atoms with van der Waals surface area (Å²) >= 11 is 5.77. The van der Waals surface area contributed by atoms with Gasteiger partial charge >= 0.3 is 18.2 Å². The number of carbonyl (C=O) groups is 2. The lowest BCUT2D eigenvalue weighted by Crippen LogP contribution is -2.38. The summed E-state index contributed by atoms with van der Waals surface area (Å²) in [4.78, 5) is 22.3. The van der Waals surface area contributed by atoms with E-state index in [1.807, 2.05) is 0 Å². The van der Waals surface area contributed by atoms with Crippen LogP contribution in [0.15, 0.2) is 18.2 Å². The topological polar surface area (TPSA) is 78.4 Å². The van der Waals surface area contributed by atoms with Gasteiger partial charge in [-0.15, -0.1) is 0 Å². The molecule has 3 N–H and O–H groups in total. The molecule has 1 unspecified atom stereocenters. The zero-order valence-electron chi connectivity index (χ0n) is 10.8. The van der Waals surface area contributed by atoms with Gasteiger partial charge in [0.1, 0.15) is 0 Å². The fourth-order valence-corrected chi connectivity index (χ4v) is 1.70. The van der Waals surface area contributed by atoms with Crippen LogP contribution in [0.25, 0.3) is 0 Å². The Balaban J connectivity index is 2.71. The van der Waals surface area contributed by atoms with Crippen molar-refractivity contribution >= 4 is 29.3 Å². The molecule has 1 atom stereocenters. The molecule has 0 fully saturated rings. The minimum atomic E-state index is -4.40. The summed E-state index contributed by atoms with van der Waals surface area (Å²) < 4.78 is 36.4. The molecule has 1 aromatic carbocycles. The molecule has 0 aliphatic carbocycles. The lowest BCUT2D eigenvalue weighted by Gasteiger charge is -2.16. The Morgan fingerprint density at radius 2 is 2.00 bits per heavy atom. The predicted molar refractivity (Wildman–Crippen MR) is 70.7 cm³/mol. The van der Waals surface area contributed by atoms with Crippen LogP contribution in [-0.4, -0.2) is 29.3 Å². The molecule has 2 amide bonds. The quantitative estimate of drug-likeness (QED) is 0.793. The summed E-state index contributed by atoms with van der Waals surface area (Å²) in [6.07, 6.45) is -5.57. The number of benzene rings is 1. The average molecular weight is 325 g/mol. The first-order valence-corrected chi connectivity index (χ1v) is 6.13. The molecule has 0 saturated heterocycles. The van der Waals surface area contributed by atoms with Crippen molar-refractivity contribution in [1.82, 2.24) is 5.32 Å². The van der Waals surface area contributed by atoms with Crippen LogP contribution < -0.4 is 10.6 Å². The molecule has 116 valence electrons. The summed E-state index contributed by atoms with van der Waals surface area (Å²) in [6.45, 7) is 1.20. The fraction of sp³-hybridized carbons (Fsp3) is 0.333. The van der Waals surface area contributed by atoms with Gasteiger partial charge in [0.2, 0.25) is 0 Å². The highest BCUT2D eigenvalue weighted by atomic mass is 35.5. The highest BCUT2D eigenvalue weighted by Crippen LogP contribution is 2.24. The fourth-order valence-electron chi connectivity index (χ4n) is 1.53. The number of rotatable bonds is 4. The van der Waals surface area contributed by atoms with Crippen LogP contribution in [0.3, 0.4) is 0 Å². The number of alkyl halides is 3. The van der Waals surface area contributed by atoms with Crippen molar-refractivity contribution in [3.63, 3.8) is 0 Å². The van der Waals surface area contributed by atoms with Gasteiger partial charge in [0.15, 0.2) is 0 Å². The molecule has 0 aliphatic rings. The van der Waals surface area contributed by atoms with E-state index < -0.39 is 30.6 Å². The van der Waals surface area contributed by atoms with Crippen molar-refractivity contribution in [3.05, 3.63) is 28.8 Å². The van der Waals surface area contributed by atoms with Crippen LogP contribution in [0.1, 0.15) is 23.7 Å². The lowest BCUT2D eigenvalue weighted by atomic mass is 10.2. The van der Waals surface area contributed by atoms with E-state index in [1.165, 1.54) is 19.1 Å². The van der Waals surface area contributed by atoms with Crippen molar-refractivity contribution in [2.75, 3.05) is 5.32 Å². The molecule has 5 nitrogen and oxygen atoms in total. The Kier molecular flexibility index (Phi) is 5.42. The van der Waals surface area contributed by atoms with E-state index in [-0.39, 0.29) is 16.3 Å². The number of hydrogen-bond donors (Lipinski definition) is 3. The number of hydrogen-bond acceptors (Lipinski definition) is 2. The van der Waals surface area contributed by atoms with Crippen molar-refractivity contribution in [2.24, 2.45) is 0 Å². The summed E-state index contributed by atoms with van der Waals surface area (Å²) in [5, 5.41) is 13.2. The summed E-state index contributed by atoms with van der Waals surface area (Å²) in [7, 11) is 0. The van der Waals surface area contributed by atoms with E-state index in [0.29, 0.717) is 0 Å². The van der Waals surface area contributed by atoms with Crippen LogP contribution in [0.5, 0.6) is 0 Å². The average Bonchev–Trinajstić information content (AvgIpc) is 2.28. The number of nitrogens with one attached hydrogen (secondary N) is 2. The predicted octanol–water partition coefficient (Wildman–Crippen LogP) is 3.50. The van der Waals surface area contributed by atoms with Crippen LogP contribution in [0, 0.1) is 0 Å². The molecule has 0 spiro atoms.